The first-order valence-electron chi connectivity index (χ1n) is 6.45. The molecule has 1 aliphatic heterocycles. The van der Waals surface area contributed by atoms with Gasteiger partial charge in [-0.25, -0.2) is 8.78 Å². The minimum absolute atomic E-state index is 0.0188. The number of carbonyl (C=O) groups excluding carboxylic acids is 1. The highest BCUT2D eigenvalue weighted by atomic mass is 19.2. The van der Waals surface area contributed by atoms with E-state index in [1.807, 2.05) is 6.92 Å². The van der Waals surface area contributed by atoms with Crippen molar-refractivity contribution in [2.45, 2.75) is 32.7 Å². The van der Waals surface area contributed by atoms with Crippen LogP contribution in [0.25, 0.3) is 0 Å². The Morgan fingerprint density at radius 2 is 1.95 bits per heavy atom. The molecule has 0 radical (unpaired) electrons. The van der Waals surface area contributed by atoms with Crippen LogP contribution in [0.15, 0.2) is 12.1 Å². The first-order chi connectivity index (χ1) is 8.90. The fourth-order valence-electron chi connectivity index (χ4n) is 2.61. The third-order valence-corrected chi connectivity index (χ3v) is 3.72. The smallest absolute Gasteiger partial charge is 0.256 e. The molecule has 0 aromatic heterocycles. The summed E-state index contributed by atoms with van der Waals surface area (Å²) in [7, 11) is 0. The zero-order valence-corrected chi connectivity index (χ0v) is 11.1. The Hall–Kier alpha value is -1.65. The van der Waals surface area contributed by atoms with Gasteiger partial charge in [0.1, 0.15) is 0 Å². The molecule has 1 amide bonds. The Morgan fingerprint density at radius 3 is 2.58 bits per heavy atom. The molecule has 0 saturated carbocycles. The van der Waals surface area contributed by atoms with E-state index in [1.54, 1.807) is 4.90 Å². The van der Waals surface area contributed by atoms with Gasteiger partial charge in [-0.3, -0.25) is 4.79 Å². The van der Waals surface area contributed by atoms with E-state index in [0.717, 1.165) is 25.0 Å². The van der Waals surface area contributed by atoms with Crippen LogP contribution >= 0.6 is 0 Å². The van der Waals surface area contributed by atoms with Crippen LogP contribution in [0.3, 0.4) is 0 Å². The zero-order valence-electron chi connectivity index (χ0n) is 11.1. The van der Waals surface area contributed by atoms with Crippen LogP contribution in [0.5, 0.6) is 0 Å². The topological polar surface area (TPSA) is 46.3 Å². The number of nitrogens with zero attached hydrogens (tertiary/aromatic N) is 1. The predicted molar refractivity (Wildman–Crippen MR) is 69.7 cm³/mol. The number of nitrogens with two attached hydrogens (primary N) is 1. The van der Waals surface area contributed by atoms with Crippen molar-refractivity contribution in [1.82, 2.24) is 4.90 Å². The third kappa shape index (κ3) is 2.69. The molecule has 1 fully saturated rings. The van der Waals surface area contributed by atoms with Crippen molar-refractivity contribution in [3.8, 4) is 0 Å². The maximum Gasteiger partial charge on any atom is 0.256 e. The molecule has 1 heterocycles. The Morgan fingerprint density at radius 1 is 1.32 bits per heavy atom. The number of anilines is 1. The molecule has 1 aliphatic rings. The molecule has 1 aromatic rings. The highest BCUT2D eigenvalue weighted by Gasteiger charge is 2.29. The second-order valence-corrected chi connectivity index (χ2v) is 5.33. The van der Waals surface area contributed by atoms with Crippen LogP contribution in [-0.4, -0.2) is 23.4 Å². The molecule has 1 aromatic carbocycles. The summed E-state index contributed by atoms with van der Waals surface area (Å²) in [5.74, 6) is -1.83. The number of rotatable bonds is 1. The largest absolute Gasteiger partial charge is 0.398 e. The maximum atomic E-state index is 13.2. The van der Waals surface area contributed by atoms with Gasteiger partial charge >= 0.3 is 0 Å². The Bertz CT molecular complexity index is 504. The first-order valence-corrected chi connectivity index (χ1v) is 6.45. The van der Waals surface area contributed by atoms with Crippen molar-refractivity contribution in [2.75, 3.05) is 12.3 Å². The van der Waals surface area contributed by atoms with Gasteiger partial charge in [0.2, 0.25) is 0 Å². The van der Waals surface area contributed by atoms with Gasteiger partial charge in [-0.1, -0.05) is 6.92 Å². The highest BCUT2D eigenvalue weighted by Crippen LogP contribution is 2.26. The summed E-state index contributed by atoms with van der Waals surface area (Å²) in [4.78, 5) is 14.0. The van der Waals surface area contributed by atoms with Gasteiger partial charge in [0, 0.05) is 24.3 Å². The lowest BCUT2D eigenvalue weighted by molar-refractivity contribution is 0.0589. The maximum absolute atomic E-state index is 13.2. The minimum atomic E-state index is -1.05. The summed E-state index contributed by atoms with van der Waals surface area (Å²) in [6.07, 6.45) is 1.83. The van der Waals surface area contributed by atoms with E-state index < -0.39 is 11.6 Å². The Balaban J connectivity index is 2.27. The molecule has 0 spiro atoms. The molecule has 2 N–H and O–H groups in total. The number of amides is 1. The Labute approximate surface area is 111 Å². The van der Waals surface area contributed by atoms with Crippen molar-refractivity contribution in [3.63, 3.8) is 0 Å². The van der Waals surface area contributed by atoms with Gasteiger partial charge in [-0.2, -0.15) is 0 Å². The second kappa shape index (κ2) is 5.15. The lowest BCUT2D eigenvalue weighted by atomic mass is 9.92. The summed E-state index contributed by atoms with van der Waals surface area (Å²) < 4.78 is 26.3. The molecule has 104 valence electrons. The van der Waals surface area contributed by atoms with Crippen LogP contribution in [0, 0.1) is 17.6 Å². The van der Waals surface area contributed by atoms with E-state index in [0.29, 0.717) is 12.5 Å². The number of benzene rings is 1. The van der Waals surface area contributed by atoms with Crippen LogP contribution in [0.2, 0.25) is 0 Å². The average molecular weight is 268 g/mol. The van der Waals surface area contributed by atoms with E-state index in [2.05, 4.69) is 6.92 Å². The Kier molecular flexibility index (Phi) is 3.73. The van der Waals surface area contributed by atoms with Crippen LogP contribution in [0.4, 0.5) is 14.5 Å². The number of carbonyl (C=O) groups is 1. The lowest BCUT2D eigenvalue weighted by Gasteiger charge is -2.36. The van der Waals surface area contributed by atoms with Gasteiger partial charge in [-0.05, 0) is 31.7 Å². The van der Waals surface area contributed by atoms with Crippen molar-refractivity contribution >= 4 is 11.6 Å². The van der Waals surface area contributed by atoms with Crippen molar-refractivity contribution in [2.24, 2.45) is 5.92 Å². The van der Waals surface area contributed by atoms with E-state index in [-0.39, 0.29) is 23.2 Å². The van der Waals surface area contributed by atoms with Crippen molar-refractivity contribution in [3.05, 3.63) is 29.3 Å². The molecule has 2 unspecified atom stereocenters. The SMILES string of the molecule is CC1CCN(C(=O)c2cc(F)c(F)cc2N)C(C)C1. The molecular formula is C14H18F2N2O. The summed E-state index contributed by atoms with van der Waals surface area (Å²) in [6.45, 7) is 4.73. The van der Waals surface area contributed by atoms with Crippen LogP contribution < -0.4 is 5.73 Å². The molecule has 0 aliphatic carbocycles. The average Bonchev–Trinajstić information content (AvgIpc) is 2.33. The van der Waals surface area contributed by atoms with Crippen molar-refractivity contribution in [1.29, 1.82) is 0 Å². The fourth-order valence-corrected chi connectivity index (χ4v) is 2.61. The fraction of sp³-hybridized carbons (Fsp3) is 0.500. The molecule has 0 bridgehead atoms. The number of hydrogen-bond donors (Lipinski definition) is 1. The molecule has 1 saturated heterocycles. The number of halogens is 2. The number of nitrogen functional groups attached to an aromatic ring is 1. The van der Waals surface area contributed by atoms with Crippen molar-refractivity contribution < 1.29 is 13.6 Å². The van der Waals surface area contributed by atoms with E-state index in [4.69, 9.17) is 5.73 Å². The summed E-state index contributed by atoms with van der Waals surface area (Å²) >= 11 is 0. The zero-order chi connectivity index (χ0) is 14.2. The van der Waals surface area contributed by atoms with E-state index >= 15 is 0 Å². The summed E-state index contributed by atoms with van der Waals surface area (Å²) in [5.41, 5.74) is 5.64. The molecule has 19 heavy (non-hydrogen) atoms. The normalized spacial score (nSPS) is 23.5. The van der Waals surface area contributed by atoms with E-state index in [1.165, 1.54) is 0 Å². The van der Waals surface area contributed by atoms with Gasteiger partial charge in [0.05, 0.1) is 5.56 Å². The molecule has 5 heteroatoms. The standard InChI is InChI=1S/C14H18F2N2O/c1-8-3-4-18(9(2)5-8)14(19)10-6-11(15)12(16)7-13(10)17/h6-9H,3-5,17H2,1-2H3. The highest BCUT2D eigenvalue weighted by molar-refractivity contribution is 5.99. The third-order valence-electron chi connectivity index (χ3n) is 3.72. The lowest BCUT2D eigenvalue weighted by Crippen LogP contribution is -2.44. The predicted octanol–water partition coefficient (Wildman–Crippen LogP) is 2.81. The van der Waals surface area contributed by atoms with Gasteiger partial charge in [0.15, 0.2) is 11.6 Å². The van der Waals surface area contributed by atoms with Crippen LogP contribution in [0.1, 0.15) is 37.0 Å². The van der Waals surface area contributed by atoms with Gasteiger partial charge in [-0.15, -0.1) is 0 Å². The number of hydrogen-bond acceptors (Lipinski definition) is 2. The van der Waals surface area contributed by atoms with E-state index in [9.17, 15) is 13.6 Å². The number of likely N-dealkylation sites (tertiary alicyclic amines) is 1. The second-order valence-electron chi connectivity index (χ2n) is 5.33. The minimum Gasteiger partial charge on any atom is -0.398 e. The summed E-state index contributed by atoms with van der Waals surface area (Å²) in [6, 6.07) is 1.83. The summed E-state index contributed by atoms with van der Waals surface area (Å²) in [5, 5.41) is 0. The van der Waals surface area contributed by atoms with Gasteiger partial charge < -0.3 is 10.6 Å². The molecule has 2 atom stereocenters. The molecule has 2 rings (SSSR count). The molecule has 3 nitrogen and oxygen atoms in total. The monoisotopic (exact) mass is 268 g/mol. The quantitative estimate of drug-likeness (QED) is 0.796. The molecular weight excluding hydrogens is 250 g/mol. The first kappa shape index (κ1) is 13.8. The van der Waals surface area contributed by atoms with Crippen LogP contribution in [-0.2, 0) is 0 Å². The van der Waals surface area contributed by atoms with Gasteiger partial charge in [0.25, 0.3) is 5.91 Å². The number of piperidine rings is 1.